The summed E-state index contributed by atoms with van der Waals surface area (Å²) in [5.74, 6) is -0.0665. The molecule has 0 unspecified atom stereocenters. The number of amides is 1. The molecule has 0 atom stereocenters. The molecule has 4 heteroatoms. The van der Waals surface area contributed by atoms with Gasteiger partial charge in [-0.3, -0.25) is 9.59 Å². The monoisotopic (exact) mass is 348 g/mol. The van der Waals surface area contributed by atoms with E-state index in [4.69, 9.17) is 0 Å². The van der Waals surface area contributed by atoms with Gasteiger partial charge in [0, 0.05) is 22.2 Å². The van der Waals surface area contributed by atoms with E-state index in [1.165, 1.54) is 0 Å². The number of rotatable bonds is 3. The Hall–Kier alpha value is -2.88. The number of hydrogen-bond donors (Lipinski definition) is 1. The van der Waals surface area contributed by atoms with Crippen molar-refractivity contribution in [2.24, 2.45) is 0 Å². The molecule has 1 heterocycles. The van der Waals surface area contributed by atoms with E-state index < -0.39 is 5.54 Å². The number of aromatic amines is 1. The Morgan fingerprint density at radius 3 is 2.38 bits per heavy atom. The number of para-hydroxylation sites is 1. The summed E-state index contributed by atoms with van der Waals surface area (Å²) in [6.07, 6.45) is 0. The lowest BCUT2D eigenvalue weighted by Gasteiger charge is -2.36. The standard InChI is InChI=1S/C22H24N2O2/c1-15-9-5-7-11-18(15)21(26)24(22(2,3)4)14-17-13-16-10-6-8-12-19(16)23-20(17)25/h5-13H,14H2,1-4H3,(H,23,25). The molecular formula is C22H24N2O2. The fraction of sp³-hybridized carbons (Fsp3) is 0.273. The normalized spacial score (nSPS) is 11.5. The number of fused-ring (bicyclic) bond motifs is 1. The van der Waals surface area contributed by atoms with Gasteiger partial charge in [-0.15, -0.1) is 0 Å². The number of pyridine rings is 1. The Balaban J connectivity index is 2.03. The van der Waals surface area contributed by atoms with E-state index in [9.17, 15) is 9.59 Å². The van der Waals surface area contributed by atoms with Crippen molar-refractivity contribution in [1.82, 2.24) is 9.88 Å². The number of aryl methyl sites for hydroxylation is 1. The van der Waals surface area contributed by atoms with Crippen molar-refractivity contribution in [1.29, 1.82) is 0 Å². The molecule has 0 spiro atoms. The smallest absolute Gasteiger partial charge is 0.254 e. The molecule has 26 heavy (non-hydrogen) atoms. The Labute approximate surface area is 153 Å². The quantitative estimate of drug-likeness (QED) is 0.768. The van der Waals surface area contributed by atoms with Gasteiger partial charge in [-0.25, -0.2) is 0 Å². The van der Waals surface area contributed by atoms with E-state index in [1.807, 2.05) is 82.3 Å². The first-order chi connectivity index (χ1) is 12.3. The predicted octanol–water partition coefficient (Wildman–Crippen LogP) is 4.28. The molecule has 3 rings (SSSR count). The maximum absolute atomic E-state index is 13.2. The van der Waals surface area contributed by atoms with Gasteiger partial charge >= 0.3 is 0 Å². The van der Waals surface area contributed by atoms with Crippen molar-refractivity contribution in [2.75, 3.05) is 0 Å². The van der Waals surface area contributed by atoms with Gasteiger partial charge in [0.1, 0.15) is 0 Å². The second kappa shape index (κ2) is 6.79. The van der Waals surface area contributed by atoms with Crippen molar-refractivity contribution >= 4 is 16.8 Å². The summed E-state index contributed by atoms with van der Waals surface area (Å²) in [6.45, 7) is 8.14. The molecule has 0 aliphatic heterocycles. The molecule has 1 aromatic heterocycles. The van der Waals surface area contributed by atoms with Gasteiger partial charge in [0.25, 0.3) is 11.5 Å². The Morgan fingerprint density at radius 2 is 1.69 bits per heavy atom. The summed E-state index contributed by atoms with van der Waals surface area (Å²) in [7, 11) is 0. The minimum Gasteiger partial charge on any atom is -0.329 e. The van der Waals surface area contributed by atoms with E-state index in [2.05, 4.69) is 4.98 Å². The summed E-state index contributed by atoms with van der Waals surface area (Å²) in [6, 6.07) is 17.1. The Bertz CT molecular complexity index is 1010. The van der Waals surface area contributed by atoms with Crippen LogP contribution in [-0.4, -0.2) is 21.3 Å². The van der Waals surface area contributed by atoms with Crippen LogP contribution in [0.1, 0.15) is 42.3 Å². The highest BCUT2D eigenvalue weighted by Crippen LogP contribution is 2.22. The van der Waals surface area contributed by atoms with Gasteiger partial charge in [-0.05, 0) is 56.8 Å². The number of nitrogens with one attached hydrogen (secondary N) is 1. The highest BCUT2D eigenvalue weighted by atomic mass is 16.2. The molecule has 1 N–H and O–H groups in total. The van der Waals surface area contributed by atoms with Crippen LogP contribution in [0.2, 0.25) is 0 Å². The fourth-order valence-electron chi connectivity index (χ4n) is 3.05. The summed E-state index contributed by atoms with van der Waals surface area (Å²) >= 11 is 0. The lowest BCUT2D eigenvalue weighted by Crippen LogP contribution is -2.46. The topological polar surface area (TPSA) is 53.2 Å². The lowest BCUT2D eigenvalue weighted by atomic mass is 10.0. The lowest BCUT2D eigenvalue weighted by molar-refractivity contribution is 0.0557. The molecular weight excluding hydrogens is 324 g/mol. The summed E-state index contributed by atoms with van der Waals surface area (Å²) in [4.78, 5) is 30.4. The maximum Gasteiger partial charge on any atom is 0.254 e. The zero-order chi connectivity index (χ0) is 18.9. The van der Waals surface area contributed by atoms with E-state index in [1.54, 1.807) is 4.90 Å². The minimum absolute atomic E-state index is 0.0665. The molecule has 2 aromatic carbocycles. The first kappa shape index (κ1) is 17.9. The van der Waals surface area contributed by atoms with Crippen molar-refractivity contribution in [3.63, 3.8) is 0 Å². The van der Waals surface area contributed by atoms with Crippen LogP contribution in [0.3, 0.4) is 0 Å². The molecule has 134 valence electrons. The Kier molecular flexibility index (Phi) is 4.68. The second-order valence-electron chi connectivity index (χ2n) is 7.59. The van der Waals surface area contributed by atoms with Crippen LogP contribution in [0, 0.1) is 6.92 Å². The van der Waals surface area contributed by atoms with E-state index in [-0.39, 0.29) is 18.0 Å². The van der Waals surface area contributed by atoms with Gasteiger partial charge in [0.15, 0.2) is 0 Å². The van der Waals surface area contributed by atoms with Crippen molar-refractivity contribution < 1.29 is 4.79 Å². The SMILES string of the molecule is Cc1ccccc1C(=O)N(Cc1cc2ccccc2[nH]c1=O)C(C)(C)C. The molecule has 0 saturated carbocycles. The third-order valence-electron chi connectivity index (χ3n) is 4.59. The largest absolute Gasteiger partial charge is 0.329 e. The van der Waals surface area contributed by atoms with Crippen LogP contribution < -0.4 is 5.56 Å². The predicted molar refractivity (Wildman–Crippen MR) is 105 cm³/mol. The van der Waals surface area contributed by atoms with Crippen molar-refractivity contribution in [3.8, 4) is 0 Å². The van der Waals surface area contributed by atoms with Gasteiger partial charge in [-0.1, -0.05) is 36.4 Å². The maximum atomic E-state index is 13.2. The summed E-state index contributed by atoms with van der Waals surface area (Å²) in [5.41, 5.74) is 2.40. The van der Waals surface area contributed by atoms with E-state index in [0.29, 0.717) is 11.1 Å². The molecule has 0 aliphatic rings. The van der Waals surface area contributed by atoms with Crippen molar-refractivity contribution in [2.45, 2.75) is 39.8 Å². The van der Waals surface area contributed by atoms with Gasteiger partial charge in [-0.2, -0.15) is 0 Å². The molecule has 0 fully saturated rings. The van der Waals surface area contributed by atoms with Crippen LogP contribution in [0.25, 0.3) is 10.9 Å². The van der Waals surface area contributed by atoms with Crippen molar-refractivity contribution in [3.05, 3.63) is 81.6 Å². The number of hydrogen-bond acceptors (Lipinski definition) is 2. The zero-order valence-corrected chi connectivity index (χ0v) is 15.7. The fourth-order valence-corrected chi connectivity index (χ4v) is 3.05. The number of carbonyl (C=O) groups excluding carboxylic acids is 1. The number of carbonyl (C=O) groups is 1. The number of aromatic nitrogens is 1. The van der Waals surface area contributed by atoms with Gasteiger partial charge in [0.05, 0.1) is 6.54 Å². The zero-order valence-electron chi connectivity index (χ0n) is 15.7. The highest BCUT2D eigenvalue weighted by molar-refractivity contribution is 5.96. The van der Waals surface area contributed by atoms with E-state index >= 15 is 0 Å². The summed E-state index contributed by atoms with van der Waals surface area (Å²) < 4.78 is 0. The number of benzene rings is 2. The molecule has 0 bridgehead atoms. The number of H-pyrrole nitrogens is 1. The van der Waals surface area contributed by atoms with E-state index in [0.717, 1.165) is 16.5 Å². The molecule has 0 aliphatic carbocycles. The average molecular weight is 348 g/mol. The molecule has 1 amide bonds. The first-order valence-electron chi connectivity index (χ1n) is 8.76. The van der Waals surface area contributed by atoms with Crippen LogP contribution in [-0.2, 0) is 6.54 Å². The van der Waals surface area contributed by atoms with Crippen LogP contribution in [0.15, 0.2) is 59.4 Å². The summed E-state index contributed by atoms with van der Waals surface area (Å²) in [5, 5.41) is 0.958. The second-order valence-corrected chi connectivity index (χ2v) is 7.59. The first-order valence-corrected chi connectivity index (χ1v) is 8.76. The molecule has 4 nitrogen and oxygen atoms in total. The molecule has 0 saturated heterocycles. The van der Waals surface area contributed by atoms with Gasteiger partial charge in [0.2, 0.25) is 0 Å². The minimum atomic E-state index is -0.419. The number of nitrogens with zero attached hydrogens (tertiary/aromatic N) is 1. The average Bonchev–Trinajstić information content (AvgIpc) is 2.58. The van der Waals surface area contributed by atoms with Crippen LogP contribution >= 0.6 is 0 Å². The van der Waals surface area contributed by atoms with Crippen LogP contribution in [0.5, 0.6) is 0 Å². The highest BCUT2D eigenvalue weighted by Gasteiger charge is 2.29. The third kappa shape index (κ3) is 3.54. The van der Waals surface area contributed by atoms with Gasteiger partial charge < -0.3 is 9.88 Å². The Morgan fingerprint density at radius 1 is 1.04 bits per heavy atom. The molecule has 0 radical (unpaired) electrons. The third-order valence-corrected chi connectivity index (χ3v) is 4.59. The molecule has 3 aromatic rings. The van der Waals surface area contributed by atoms with Crippen LogP contribution in [0.4, 0.5) is 0 Å².